The summed E-state index contributed by atoms with van der Waals surface area (Å²) in [6.45, 7) is 2.38. The molecule has 0 fully saturated rings. The van der Waals surface area contributed by atoms with Gasteiger partial charge in [0.15, 0.2) is 0 Å². The standard InChI is InChI=1S/C18H17ClN2O4/c1-2-14-10-21(15-9-12(19)5-8-16(15)25-14)18(24)20-13-6-3-11(4-7-13)17(22)23/h3-9,14H,2,10H2,1H3,(H,20,24)(H,22,23)/p-1. The molecule has 6 nitrogen and oxygen atoms in total. The summed E-state index contributed by atoms with van der Waals surface area (Å²) in [7, 11) is 0. The maximum absolute atomic E-state index is 12.7. The number of hydrogen-bond donors (Lipinski definition) is 1. The Morgan fingerprint density at radius 1 is 1.28 bits per heavy atom. The highest BCUT2D eigenvalue weighted by Gasteiger charge is 2.29. The number of benzene rings is 2. The lowest BCUT2D eigenvalue weighted by Crippen LogP contribution is -2.45. The molecule has 1 N–H and O–H groups in total. The first-order valence-electron chi connectivity index (χ1n) is 7.84. The number of rotatable bonds is 3. The molecule has 1 unspecified atom stereocenters. The molecule has 0 radical (unpaired) electrons. The molecule has 1 aliphatic rings. The lowest BCUT2D eigenvalue weighted by molar-refractivity contribution is -0.255. The lowest BCUT2D eigenvalue weighted by atomic mass is 10.1. The van der Waals surface area contributed by atoms with Gasteiger partial charge in [-0.2, -0.15) is 0 Å². The second kappa shape index (κ2) is 7.03. The first kappa shape index (κ1) is 17.1. The summed E-state index contributed by atoms with van der Waals surface area (Å²) in [6, 6.07) is 10.6. The van der Waals surface area contributed by atoms with E-state index < -0.39 is 5.97 Å². The van der Waals surface area contributed by atoms with Gasteiger partial charge in [-0.05, 0) is 42.3 Å². The molecule has 0 saturated heterocycles. The predicted molar refractivity (Wildman–Crippen MR) is 93.3 cm³/mol. The van der Waals surface area contributed by atoms with E-state index in [1.165, 1.54) is 24.3 Å². The van der Waals surface area contributed by atoms with Crippen LogP contribution >= 0.6 is 11.6 Å². The van der Waals surface area contributed by atoms with Crippen LogP contribution in [0.1, 0.15) is 23.7 Å². The Bertz CT molecular complexity index is 807. The number of nitrogens with one attached hydrogen (secondary N) is 1. The maximum Gasteiger partial charge on any atom is 0.326 e. The quantitative estimate of drug-likeness (QED) is 0.913. The molecule has 2 aromatic carbocycles. The number of carbonyl (C=O) groups is 2. The summed E-state index contributed by atoms with van der Waals surface area (Å²) in [5.74, 6) is -0.662. The van der Waals surface area contributed by atoms with Crippen molar-refractivity contribution in [3.05, 3.63) is 53.1 Å². The predicted octanol–water partition coefficient (Wildman–Crippen LogP) is 2.91. The van der Waals surface area contributed by atoms with Gasteiger partial charge < -0.3 is 20.0 Å². The largest absolute Gasteiger partial charge is 0.545 e. The topological polar surface area (TPSA) is 81.7 Å². The summed E-state index contributed by atoms with van der Waals surface area (Å²) < 4.78 is 5.86. The summed E-state index contributed by atoms with van der Waals surface area (Å²) in [5, 5.41) is 14.1. The molecule has 130 valence electrons. The number of nitrogens with zero attached hydrogens (tertiary/aromatic N) is 1. The van der Waals surface area contributed by atoms with Gasteiger partial charge in [-0.25, -0.2) is 4.79 Å². The number of amides is 2. The highest BCUT2D eigenvalue weighted by molar-refractivity contribution is 6.31. The zero-order chi connectivity index (χ0) is 18.0. The van der Waals surface area contributed by atoms with E-state index >= 15 is 0 Å². The third-order valence-electron chi connectivity index (χ3n) is 3.96. The van der Waals surface area contributed by atoms with E-state index in [-0.39, 0.29) is 17.7 Å². The van der Waals surface area contributed by atoms with Crippen LogP contribution in [0.25, 0.3) is 0 Å². The zero-order valence-corrected chi connectivity index (χ0v) is 14.2. The van der Waals surface area contributed by atoms with E-state index in [2.05, 4.69) is 5.32 Å². The van der Waals surface area contributed by atoms with Crippen molar-refractivity contribution in [3.8, 4) is 5.75 Å². The van der Waals surface area contributed by atoms with Crippen LogP contribution in [0.4, 0.5) is 16.2 Å². The fourth-order valence-electron chi connectivity index (χ4n) is 2.61. The van der Waals surface area contributed by atoms with Crippen molar-refractivity contribution in [2.75, 3.05) is 16.8 Å². The van der Waals surface area contributed by atoms with Crippen LogP contribution in [0, 0.1) is 0 Å². The summed E-state index contributed by atoms with van der Waals surface area (Å²) >= 11 is 6.05. The van der Waals surface area contributed by atoms with E-state index in [4.69, 9.17) is 16.3 Å². The molecule has 0 spiro atoms. The molecule has 25 heavy (non-hydrogen) atoms. The van der Waals surface area contributed by atoms with E-state index in [1.807, 2.05) is 6.92 Å². The van der Waals surface area contributed by atoms with Crippen LogP contribution < -0.4 is 20.1 Å². The number of aromatic carboxylic acids is 1. The van der Waals surface area contributed by atoms with E-state index in [0.717, 1.165) is 6.42 Å². The number of urea groups is 1. The molecular weight excluding hydrogens is 344 g/mol. The van der Waals surface area contributed by atoms with Gasteiger partial charge in [0.1, 0.15) is 11.9 Å². The maximum atomic E-state index is 12.7. The van der Waals surface area contributed by atoms with Gasteiger partial charge in [0, 0.05) is 10.7 Å². The summed E-state index contributed by atoms with van der Waals surface area (Å²) in [4.78, 5) is 25.1. The molecule has 2 aromatic rings. The molecule has 3 rings (SSSR count). The molecular formula is C18H16ClN2O4-. The lowest BCUT2D eigenvalue weighted by Gasteiger charge is -2.34. The first-order valence-corrected chi connectivity index (χ1v) is 8.22. The average Bonchev–Trinajstić information content (AvgIpc) is 2.61. The molecule has 0 saturated carbocycles. The molecule has 0 bridgehead atoms. The van der Waals surface area contributed by atoms with Crippen LogP contribution in [-0.2, 0) is 0 Å². The van der Waals surface area contributed by atoms with Gasteiger partial charge in [-0.15, -0.1) is 0 Å². The minimum absolute atomic E-state index is 0.0487. The van der Waals surface area contributed by atoms with Crippen molar-refractivity contribution in [3.63, 3.8) is 0 Å². The molecule has 7 heteroatoms. The first-order chi connectivity index (χ1) is 12.0. The SMILES string of the molecule is CCC1CN(C(=O)Nc2ccc(C(=O)[O-])cc2)c2cc(Cl)ccc2O1. The number of hydrogen-bond acceptors (Lipinski definition) is 4. The van der Waals surface area contributed by atoms with Crippen molar-refractivity contribution >= 4 is 35.0 Å². The van der Waals surface area contributed by atoms with Crippen LogP contribution in [0.15, 0.2) is 42.5 Å². The average molecular weight is 360 g/mol. The highest BCUT2D eigenvalue weighted by Crippen LogP contribution is 2.36. The molecule has 1 aliphatic heterocycles. The summed E-state index contributed by atoms with van der Waals surface area (Å²) in [6.07, 6.45) is 0.645. The Balaban J connectivity index is 1.83. The number of anilines is 2. The molecule has 1 atom stereocenters. The summed E-state index contributed by atoms with van der Waals surface area (Å²) in [5.41, 5.74) is 1.13. The second-order valence-electron chi connectivity index (χ2n) is 5.67. The van der Waals surface area contributed by atoms with Gasteiger partial charge in [-0.3, -0.25) is 4.90 Å². The van der Waals surface area contributed by atoms with Crippen LogP contribution in [0.2, 0.25) is 5.02 Å². The fraction of sp³-hybridized carbons (Fsp3) is 0.222. The van der Waals surface area contributed by atoms with Gasteiger partial charge in [-0.1, -0.05) is 30.7 Å². The molecule has 2 amide bonds. The van der Waals surface area contributed by atoms with Crippen LogP contribution in [0.5, 0.6) is 5.75 Å². The Labute approximate surface area is 150 Å². The Hall–Kier alpha value is -2.73. The fourth-order valence-corrected chi connectivity index (χ4v) is 2.77. The zero-order valence-electron chi connectivity index (χ0n) is 13.5. The normalized spacial score (nSPS) is 15.9. The van der Waals surface area contributed by atoms with E-state index in [0.29, 0.717) is 28.7 Å². The number of carboxylic acid groups (broad SMARTS) is 1. The van der Waals surface area contributed by atoms with Crippen LogP contribution in [0.3, 0.4) is 0 Å². The molecule has 1 heterocycles. The molecule has 0 aromatic heterocycles. The van der Waals surface area contributed by atoms with Gasteiger partial charge in [0.2, 0.25) is 0 Å². The number of fused-ring (bicyclic) bond motifs is 1. The minimum Gasteiger partial charge on any atom is -0.545 e. The van der Waals surface area contributed by atoms with Crippen molar-refractivity contribution < 1.29 is 19.4 Å². The second-order valence-corrected chi connectivity index (χ2v) is 6.10. The number of carbonyl (C=O) groups excluding carboxylic acids is 2. The van der Waals surface area contributed by atoms with Gasteiger partial charge in [0.25, 0.3) is 0 Å². The third-order valence-corrected chi connectivity index (χ3v) is 4.20. The number of carboxylic acids is 1. The van der Waals surface area contributed by atoms with Crippen molar-refractivity contribution in [2.45, 2.75) is 19.4 Å². The monoisotopic (exact) mass is 359 g/mol. The Morgan fingerprint density at radius 3 is 2.64 bits per heavy atom. The van der Waals surface area contributed by atoms with Crippen molar-refractivity contribution in [1.82, 2.24) is 0 Å². The number of halogens is 1. The highest BCUT2D eigenvalue weighted by atomic mass is 35.5. The van der Waals surface area contributed by atoms with Gasteiger partial charge >= 0.3 is 6.03 Å². The number of ether oxygens (including phenoxy) is 1. The smallest absolute Gasteiger partial charge is 0.326 e. The Morgan fingerprint density at radius 2 is 2.00 bits per heavy atom. The third kappa shape index (κ3) is 3.69. The minimum atomic E-state index is -1.26. The van der Waals surface area contributed by atoms with Crippen LogP contribution in [-0.4, -0.2) is 24.6 Å². The van der Waals surface area contributed by atoms with Crippen molar-refractivity contribution in [1.29, 1.82) is 0 Å². The van der Waals surface area contributed by atoms with E-state index in [1.54, 1.807) is 23.1 Å². The Kier molecular flexibility index (Phi) is 4.81. The van der Waals surface area contributed by atoms with E-state index in [9.17, 15) is 14.7 Å². The molecule has 0 aliphatic carbocycles. The van der Waals surface area contributed by atoms with Gasteiger partial charge in [0.05, 0.1) is 18.2 Å². The van der Waals surface area contributed by atoms with Crippen molar-refractivity contribution in [2.24, 2.45) is 0 Å².